The summed E-state index contributed by atoms with van der Waals surface area (Å²) in [5, 5.41) is 3.91. The van der Waals surface area contributed by atoms with Crippen molar-refractivity contribution in [3.8, 4) is 5.75 Å². The van der Waals surface area contributed by atoms with E-state index in [1.165, 1.54) is 0 Å². The highest BCUT2D eigenvalue weighted by molar-refractivity contribution is 5.30. The van der Waals surface area contributed by atoms with Gasteiger partial charge in [0.1, 0.15) is 11.8 Å². The molecule has 2 N–H and O–H groups in total. The van der Waals surface area contributed by atoms with E-state index in [-0.39, 0.29) is 0 Å². The van der Waals surface area contributed by atoms with Crippen LogP contribution in [0.2, 0.25) is 0 Å². The molecule has 2 rings (SSSR count). The van der Waals surface area contributed by atoms with Gasteiger partial charge in [-0.25, -0.2) is 0 Å². The fourth-order valence-electron chi connectivity index (χ4n) is 1.71. The van der Waals surface area contributed by atoms with Gasteiger partial charge < -0.3 is 19.7 Å². The molecule has 1 aromatic heterocycles. The molecule has 0 aliphatic carbocycles. The van der Waals surface area contributed by atoms with Crippen LogP contribution in [0.5, 0.6) is 5.75 Å². The predicted octanol–water partition coefficient (Wildman–Crippen LogP) is 1.32. The molecule has 0 bridgehead atoms. The number of benzene rings is 1. The number of hydrogen-bond acceptors (Lipinski definition) is 6. The van der Waals surface area contributed by atoms with Gasteiger partial charge in [0, 0.05) is 13.5 Å². The van der Waals surface area contributed by atoms with Crippen molar-refractivity contribution in [1.82, 2.24) is 10.1 Å². The molecule has 0 radical (unpaired) electrons. The van der Waals surface area contributed by atoms with Crippen LogP contribution in [0.1, 0.15) is 23.3 Å². The summed E-state index contributed by atoms with van der Waals surface area (Å²) in [6, 6.07) is 7.33. The van der Waals surface area contributed by atoms with Crippen LogP contribution in [0.25, 0.3) is 0 Å². The van der Waals surface area contributed by atoms with Gasteiger partial charge in [0.05, 0.1) is 13.7 Å². The van der Waals surface area contributed by atoms with Crippen molar-refractivity contribution < 1.29 is 14.0 Å². The first kappa shape index (κ1) is 13.5. The Morgan fingerprint density at radius 2 is 2.21 bits per heavy atom. The smallest absolute Gasteiger partial charge is 0.245 e. The summed E-state index contributed by atoms with van der Waals surface area (Å²) in [7, 11) is 3.21. The standard InChI is InChI=1S/C13H17N3O3/c1-17-8-11(14)13-15-12(16-19-13)7-9-4-3-5-10(6-9)18-2/h3-6,11H,7-8,14H2,1-2H3. The van der Waals surface area contributed by atoms with Crippen molar-refractivity contribution in [3.63, 3.8) is 0 Å². The summed E-state index contributed by atoms with van der Waals surface area (Å²) >= 11 is 0. The molecule has 102 valence electrons. The topological polar surface area (TPSA) is 83.4 Å². The number of aromatic nitrogens is 2. The Morgan fingerprint density at radius 3 is 2.95 bits per heavy atom. The third kappa shape index (κ3) is 3.52. The van der Waals surface area contributed by atoms with Crippen LogP contribution in [0.3, 0.4) is 0 Å². The van der Waals surface area contributed by atoms with Crippen LogP contribution in [0.15, 0.2) is 28.8 Å². The van der Waals surface area contributed by atoms with Gasteiger partial charge in [-0.15, -0.1) is 0 Å². The minimum Gasteiger partial charge on any atom is -0.497 e. The number of methoxy groups -OCH3 is 2. The van der Waals surface area contributed by atoms with Gasteiger partial charge in [-0.05, 0) is 17.7 Å². The fourth-order valence-corrected chi connectivity index (χ4v) is 1.71. The summed E-state index contributed by atoms with van der Waals surface area (Å²) in [5.41, 5.74) is 6.86. The number of nitrogens with zero attached hydrogens (tertiary/aromatic N) is 2. The molecular formula is C13H17N3O3. The molecular weight excluding hydrogens is 246 g/mol. The fraction of sp³-hybridized carbons (Fsp3) is 0.385. The van der Waals surface area contributed by atoms with Gasteiger partial charge in [0.25, 0.3) is 0 Å². The van der Waals surface area contributed by atoms with Crippen LogP contribution in [0.4, 0.5) is 0 Å². The van der Waals surface area contributed by atoms with E-state index < -0.39 is 6.04 Å². The molecule has 6 heteroatoms. The summed E-state index contributed by atoms with van der Waals surface area (Å²) in [4.78, 5) is 4.26. The number of rotatable bonds is 6. The Morgan fingerprint density at radius 1 is 1.37 bits per heavy atom. The molecule has 6 nitrogen and oxygen atoms in total. The van der Waals surface area contributed by atoms with E-state index in [2.05, 4.69) is 10.1 Å². The van der Waals surface area contributed by atoms with E-state index in [1.54, 1.807) is 14.2 Å². The predicted molar refractivity (Wildman–Crippen MR) is 68.9 cm³/mol. The van der Waals surface area contributed by atoms with Gasteiger partial charge in [-0.1, -0.05) is 17.3 Å². The highest BCUT2D eigenvalue weighted by Crippen LogP contribution is 2.16. The van der Waals surface area contributed by atoms with Gasteiger partial charge >= 0.3 is 0 Å². The van der Waals surface area contributed by atoms with Crippen molar-refractivity contribution in [3.05, 3.63) is 41.5 Å². The average Bonchev–Trinajstić information content (AvgIpc) is 2.88. The lowest BCUT2D eigenvalue weighted by molar-refractivity contribution is 0.166. The first-order valence-corrected chi connectivity index (χ1v) is 5.93. The Bertz CT molecular complexity index is 527. The second-order valence-corrected chi connectivity index (χ2v) is 4.14. The van der Waals surface area contributed by atoms with Crippen molar-refractivity contribution in [2.24, 2.45) is 5.73 Å². The molecule has 1 unspecified atom stereocenters. The van der Waals surface area contributed by atoms with E-state index >= 15 is 0 Å². The zero-order chi connectivity index (χ0) is 13.7. The lowest BCUT2D eigenvalue weighted by Crippen LogP contribution is -2.16. The molecule has 0 aliphatic rings. The molecule has 0 aliphatic heterocycles. The number of ether oxygens (including phenoxy) is 2. The van der Waals surface area contributed by atoms with Crippen LogP contribution >= 0.6 is 0 Å². The minimum absolute atomic E-state index is 0.348. The minimum atomic E-state index is -0.392. The summed E-state index contributed by atoms with van der Waals surface area (Å²) in [6.07, 6.45) is 0.570. The molecule has 0 saturated carbocycles. The average molecular weight is 263 g/mol. The maximum atomic E-state index is 5.82. The summed E-state index contributed by atoms with van der Waals surface area (Å²) in [6.45, 7) is 0.348. The highest BCUT2D eigenvalue weighted by atomic mass is 16.5. The third-order valence-electron chi connectivity index (χ3n) is 2.64. The first-order valence-electron chi connectivity index (χ1n) is 5.93. The largest absolute Gasteiger partial charge is 0.497 e. The van der Waals surface area contributed by atoms with E-state index in [0.717, 1.165) is 11.3 Å². The van der Waals surface area contributed by atoms with Crippen LogP contribution in [0, 0.1) is 0 Å². The van der Waals surface area contributed by atoms with Crippen LogP contribution in [-0.4, -0.2) is 31.0 Å². The lowest BCUT2D eigenvalue weighted by atomic mass is 10.1. The lowest BCUT2D eigenvalue weighted by Gasteiger charge is -2.03. The maximum Gasteiger partial charge on any atom is 0.245 e. The Hall–Kier alpha value is -1.92. The molecule has 19 heavy (non-hydrogen) atoms. The van der Waals surface area contributed by atoms with E-state index in [9.17, 15) is 0 Å². The molecule has 0 saturated heterocycles. The molecule has 1 aromatic carbocycles. The van der Waals surface area contributed by atoms with Crippen molar-refractivity contribution >= 4 is 0 Å². The zero-order valence-electron chi connectivity index (χ0n) is 11.0. The van der Waals surface area contributed by atoms with E-state index in [4.69, 9.17) is 19.7 Å². The first-order chi connectivity index (χ1) is 9.22. The quantitative estimate of drug-likeness (QED) is 0.846. The van der Waals surface area contributed by atoms with Crippen LogP contribution < -0.4 is 10.5 Å². The van der Waals surface area contributed by atoms with Gasteiger partial charge in [-0.3, -0.25) is 0 Å². The van der Waals surface area contributed by atoms with Crippen molar-refractivity contribution in [2.45, 2.75) is 12.5 Å². The Kier molecular flexibility index (Phi) is 4.48. The SMILES string of the molecule is COCC(N)c1nc(Cc2cccc(OC)c2)no1. The molecule has 0 amide bonds. The Balaban J connectivity index is 2.06. The zero-order valence-corrected chi connectivity index (χ0v) is 11.0. The third-order valence-corrected chi connectivity index (χ3v) is 2.64. The molecule has 1 heterocycles. The summed E-state index contributed by atoms with van der Waals surface area (Å²) in [5.74, 6) is 1.78. The molecule has 0 fully saturated rings. The summed E-state index contributed by atoms with van der Waals surface area (Å²) < 4.78 is 15.2. The maximum absolute atomic E-state index is 5.82. The number of nitrogens with two attached hydrogens (primary N) is 1. The van der Waals surface area contributed by atoms with Crippen LogP contribution in [-0.2, 0) is 11.2 Å². The molecule has 0 spiro atoms. The van der Waals surface area contributed by atoms with Crippen molar-refractivity contribution in [2.75, 3.05) is 20.8 Å². The monoisotopic (exact) mass is 263 g/mol. The van der Waals surface area contributed by atoms with Gasteiger partial charge in [0.2, 0.25) is 5.89 Å². The molecule has 2 aromatic rings. The normalized spacial score (nSPS) is 12.4. The highest BCUT2D eigenvalue weighted by Gasteiger charge is 2.14. The van der Waals surface area contributed by atoms with Gasteiger partial charge in [0.15, 0.2) is 5.82 Å². The van der Waals surface area contributed by atoms with Gasteiger partial charge in [-0.2, -0.15) is 4.98 Å². The number of hydrogen-bond donors (Lipinski definition) is 1. The van der Waals surface area contributed by atoms with Crippen molar-refractivity contribution in [1.29, 1.82) is 0 Å². The van der Waals surface area contributed by atoms with E-state index in [0.29, 0.717) is 24.7 Å². The second kappa shape index (κ2) is 6.31. The molecule has 1 atom stereocenters. The van der Waals surface area contributed by atoms with E-state index in [1.807, 2.05) is 24.3 Å². The Labute approximate surface area is 111 Å². The second-order valence-electron chi connectivity index (χ2n) is 4.14.